The first-order chi connectivity index (χ1) is 8.97. The van der Waals surface area contributed by atoms with Gasteiger partial charge in [0.1, 0.15) is 5.15 Å². The van der Waals surface area contributed by atoms with Gasteiger partial charge in [0, 0.05) is 35.3 Å². The van der Waals surface area contributed by atoms with Crippen molar-refractivity contribution in [2.45, 2.75) is 31.9 Å². The molecule has 1 atom stereocenters. The molecule has 1 aliphatic heterocycles. The largest absolute Gasteiger partial charge is 0.337 e. The smallest absolute Gasteiger partial charge is 0.254 e. The molecule has 0 radical (unpaired) electrons. The number of aromatic nitrogens is 1. The van der Waals surface area contributed by atoms with Gasteiger partial charge in [-0.15, -0.1) is 0 Å². The highest BCUT2D eigenvalue weighted by molar-refractivity contribution is 7.99. The Morgan fingerprint density at radius 1 is 1.53 bits per heavy atom. The number of hydrogen-bond acceptors (Lipinski definition) is 3. The van der Waals surface area contributed by atoms with Crippen LogP contribution < -0.4 is 0 Å². The topological polar surface area (TPSA) is 33.2 Å². The first-order valence-corrected chi connectivity index (χ1v) is 7.98. The van der Waals surface area contributed by atoms with E-state index in [2.05, 4.69) is 11.9 Å². The minimum absolute atomic E-state index is 0.0679. The molecule has 1 aromatic heterocycles. The lowest BCUT2D eigenvalue weighted by Crippen LogP contribution is -2.41. The quantitative estimate of drug-likeness (QED) is 0.784. The molecule has 5 heteroatoms. The first-order valence-electron chi connectivity index (χ1n) is 6.55. The number of rotatable bonds is 2. The third-order valence-electron chi connectivity index (χ3n) is 3.18. The Labute approximate surface area is 123 Å². The van der Waals surface area contributed by atoms with Crippen LogP contribution in [0.3, 0.4) is 0 Å². The predicted molar refractivity (Wildman–Crippen MR) is 81.2 cm³/mol. The van der Waals surface area contributed by atoms with Crippen molar-refractivity contribution in [3.05, 3.63) is 28.5 Å². The van der Waals surface area contributed by atoms with Crippen molar-refractivity contribution in [1.29, 1.82) is 0 Å². The van der Waals surface area contributed by atoms with Gasteiger partial charge >= 0.3 is 0 Å². The number of amides is 1. The number of hydrogen-bond donors (Lipinski definition) is 0. The van der Waals surface area contributed by atoms with Crippen LogP contribution in [0, 0.1) is 0 Å². The van der Waals surface area contributed by atoms with Gasteiger partial charge in [-0.25, -0.2) is 4.98 Å². The molecule has 0 aromatic carbocycles. The molecule has 0 N–H and O–H groups in total. The molecule has 0 saturated carbocycles. The Bertz CT molecular complexity index is 479. The number of nitrogens with zero attached hydrogens (tertiary/aromatic N) is 2. The Morgan fingerprint density at radius 2 is 2.26 bits per heavy atom. The summed E-state index contributed by atoms with van der Waals surface area (Å²) < 4.78 is 0. The molecular weight excluding hydrogens is 280 g/mol. The van der Waals surface area contributed by atoms with Crippen molar-refractivity contribution in [3.63, 3.8) is 0 Å². The molecule has 1 amide bonds. The number of carbonyl (C=O) groups is 1. The number of pyridine rings is 1. The lowest BCUT2D eigenvalue weighted by molar-refractivity contribution is 0.0763. The minimum Gasteiger partial charge on any atom is -0.337 e. The number of thioether (sulfide) groups is 1. The van der Waals surface area contributed by atoms with Gasteiger partial charge in [0.25, 0.3) is 5.91 Å². The predicted octanol–water partition coefficient (Wildman–Crippen LogP) is 3.44. The zero-order chi connectivity index (χ0) is 14.0. The second kappa shape index (κ2) is 6.14. The molecule has 1 unspecified atom stereocenters. The highest BCUT2D eigenvalue weighted by atomic mass is 35.5. The van der Waals surface area contributed by atoms with E-state index >= 15 is 0 Å². The van der Waals surface area contributed by atoms with Crippen molar-refractivity contribution >= 4 is 29.3 Å². The van der Waals surface area contributed by atoms with Crippen LogP contribution in [-0.2, 0) is 0 Å². The van der Waals surface area contributed by atoms with Gasteiger partial charge in [-0.2, -0.15) is 11.8 Å². The average molecular weight is 299 g/mol. The van der Waals surface area contributed by atoms with E-state index in [9.17, 15) is 4.79 Å². The molecule has 0 aliphatic carbocycles. The van der Waals surface area contributed by atoms with Crippen LogP contribution in [0.2, 0.25) is 5.15 Å². The maximum atomic E-state index is 12.5. The maximum absolute atomic E-state index is 12.5. The summed E-state index contributed by atoms with van der Waals surface area (Å²) in [5, 5.41) is 0.897. The third kappa shape index (κ3) is 3.63. The van der Waals surface area contributed by atoms with Gasteiger partial charge in [0.15, 0.2) is 0 Å². The zero-order valence-electron chi connectivity index (χ0n) is 11.5. The molecule has 19 heavy (non-hydrogen) atoms. The monoisotopic (exact) mass is 298 g/mol. The van der Waals surface area contributed by atoms with Crippen molar-refractivity contribution in [1.82, 2.24) is 9.88 Å². The molecule has 2 rings (SSSR count). The van der Waals surface area contributed by atoms with E-state index in [-0.39, 0.29) is 11.8 Å². The van der Waals surface area contributed by atoms with Crippen molar-refractivity contribution in [2.75, 3.05) is 18.8 Å². The normalized spacial score (nSPS) is 19.8. The van der Waals surface area contributed by atoms with E-state index < -0.39 is 0 Å². The summed E-state index contributed by atoms with van der Waals surface area (Å²) in [5.74, 6) is 1.34. The van der Waals surface area contributed by atoms with Gasteiger partial charge in [0.2, 0.25) is 0 Å². The van der Waals surface area contributed by atoms with Crippen molar-refractivity contribution < 1.29 is 4.79 Å². The molecule has 104 valence electrons. The van der Waals surface area contributed by atoms with Gasteiger partial charge in [-0.3, -0.25) is 4.79 Å². The Morgan fingerprint density at radius 3 is 2.89 bits per heavy atom. The molecule has 2 heterocycles. The van der Waals surface area contributed by atoms with E-state index in [0.717, 1.165) is 24.5 Å². The summed E-state index contributed by atoms with van der Waals surface area (Å²) in [6.07, 6.45) is 0. The maximum Gasteiger partial charge on any atom is 0.254 e. The standard InChI is InChI=1S/C14H19ClN2OS/c1-9(2)12-6-11(7-13(15)16-12)14(18)17-4-5-19-10(3)8-17/h6-7,9-10H,4-5,8H2,1-3H3. The van der Waals surface area contributed by atoms with Crippen LogP contribution in [0.15, 0.2) is 12.1 Å². The molecule has 3 nitrogen and oxygen atoms in total. The van der Waals surface area contributed by atoms with Crippen LogP contribution >= 0.6 is 23.4 Å². The molecule has 0 spiro atoms. The zero-order valence-corrected chi connectivity index (χ0v) is 13.1. The fourth-order valence-electron chi connectivity index (χ4n) is 2.12. The van der Waals surface area contributed by atoms with Gasteiger partial charge < -0.3 is 4.90 Å². The summed E-state index contributed by atoms with van der Waals surface area (Å²) >= 11 is 7.93. The Kier molecular flexibility index (Phi) is 4.74. The van der Waals surface area contributed by atoms with E-state index in [0.29, 0.717) is 16.0 Å². The Balaban J connectivity index is 2.23. The summed E-state index contributed by atoms with van der Waals surface area (Å²) in [6.45, 7) is 7.87. The SMILES string of the molecule is CC1CN(C(=O)c2cc(Cl)nc(C(C)C)c2)CCS1. The number of carbonyl (C=O) groups excluding carboxylic acids is 1. The molecule has 1 saturated heterocycles. The van der Waals surface area contributed by atoms with Gasteiger partial charge in [-0.1, -0.05) is 32.4 Å². The molecular formula is C14H19ClN2OS. The molecule has 1 aromatic rings. The van der Waals surface area contributed by atoms with E-state index in [4.69, 9.17) is 11.6 Å². The Hall–Kier alpha value is -0.740. The van der Waals surface area contributed by atoms with E-state index in [1.54, 1.807) is 6.07 Å². The average Bonchev–Trinajstić information content (AvgIpc) is 2.37. The first kappa shape index (κ1) is 14.7. The van der Waals surface area contributed by atoms with E-state index in [1.165, 1.54) is 0 Å². The molecule has 1 fully saturated rings. The molecule has 1 aliphatic rings. The summed E-state index contributed by atoms with van der Waals surface area (Å²) in [6, 6.07) is 3.54. The van der Waals surface area contributed by atoms with Crippen LogP contribution in [0.5, 0.6) is 0 Å². The minimum atomic E-state index is 0.0679. The summed E-state index contributed by atoms with van der Waals surface area (Å²) in [7, 11) is 0. The lowest BCUT2D eigenvalue weighted by Gasteiger charge is -2.30. The number of halogens is 1. The van der Waals surface area contributed by atoms with Crippen LogP contribution in [-0.4, -0.2) is 39.9 Å². The fraction of sp³-hybridized carbons (Fsp3) is 0.571. The second-order valence-corrected chi connectivity index (χ2v) is 7.12. The highest BCUT2D eigenvalue weighted by Gasteiger charge is 2.23. The van der Waals surface area contributed by atoms with Crippen LogP contribution in [0.1, 0.15) is 42.7 Å². The van der Waals surface area contributed by atoms with E-state index in [1.807, 2.05) is 36.6 Å². The van der Waals surface area contributed by atoms with Gasteiger partial charge in [-0.05, 0) is 18.1 Å². The van der Waals surface area contributed by atoms with Crippen molar-refractivity contribution in [3.8, 4) is 0 Å². The third-order valence-corrected chi connectivity index (χ3v) is 4.51. The van der Waals surface area contributed by atoms with Crippen molar-refractivity contribution in [2.24, 2.45) is 0 Å². The lowest BCUT2D eigenvalue weighted by atomic mass is 10.1. The summed E-state index contributed by atoms with van der Waals surface area (Å²) in [5.41, 5.74) is 1.53. The molecule has 0 bridgehead atoms. The highest BCUT2D eigenvalue weighted by Crippen LogP contribution is 2.22. The fourth-order valence-corrected chi connectivity index (χ4v) is 3.35. The second-order valence-electron chi connectivity index (χ2n) is 5.19. The van der Waals surface area contributed by atoms with Crippen LogP contribution in [0.25, 0.3) is 0 Å². The van der Waals surface area contributed by atoms with Crippen LogP contribution in [0.4, 0.5) is 0 Å². The summed E-state index contributed by atoms with van der Waals surface area (Å²) in [4.78, 5) is 18.7. The van der Waals surface area contributed by atoms with Gasteiger partial charge in [0.05, 0.1) is 0 Å².